The summed E-state index contributed by atoms with van der Waals surface area (Å²) >= 11 is 0. The maximum absolute atomic E-state index is 13.3. The molecule has 0 radical (unpaired) electrons. The molecule has 0 aliphatic heterocycles. The summed E-state index contributed by atoms with van der Waals surface area (Å²) in [6, 6.07) is 3.61. The molecule has 2 atom stereocenters. The van der Waals surface area contributed by atoms with Crippen molar-refractivity contribution in [2.45, 2.75) is 25.0 Å². The molecule has 0 aliphatic rings. The summed E-state index contributed by atoms with van der Waals surface area (Å²) in [4.78, 5) is 10.8. The van der Waals surface area contributed by atoms with Gasteiger partial charge < -0.3 is 14.9 Å². The van der Waals surface area contributed by atoms with Gasteiger partial charge in [0.1, 0.15) is 6.10 Å². The Morgan fingerprint density at radius 2 is 2.24 bits per heavy atom. The topological polar surface area (TPSA) is 99.0 Å². The number of carbonyl (C=O) groups excluding carboxylic acids is 1. The number of aliphatic hydroxyl groups is 1. The van der Waals surface area contributed by atoms with E-state index >= 15 is 0 Å². The average molecular weight is 299 g/mol. The lowest BCUT2D eigenvalue weighted by molar-refractivity contribution is -0.124. The number of hydrogen-bond donors (Lipinski definition) is 4. The molecule has 0 aliphatic carbocycles. The first-order valence-corrected chi connectivity index (χ1v) is 6.29. The van der Waals surface area contributed by atoms with Crippen LogP contribution in [0.4, 0.5) is 4.39 Å². The number of aromatic hydroxyl groups is 1. The summed E-state index contributed by atoms with van der Waals surface area (Å²) in [6.45, 7) is 0. The van der Waals surface area contributed by atoms with E-state index in [1.54, 1.807) is 0 Å². The molecule has 116 valence electrons. The number of hydroxylamine groups is 1. The molecule has 1 amide bonds. The minimum atomic E-state index is -1.06. The largest absolute Gasteiger partial charge is 0.505 e. The van der Waals surface area contributed by atoms with Crippen molar-refractivity contribution in [3.8, 4) is 5.75 Å². The number of amides is 1. The van der Waals surface area contributed by atoms with Crippen LogP contribution in [0.1, 0.15) is 24.5 Å². The van der Waals surface area contributed by atoms with Crippen LogP contribution in [0.15, 0.2) is 30.4 Å². The number of nitrogens with one attached hydrogen (secondary N) is 1. The second kappa shape index (κ2) is 8.35. The summed E-state index contributed by atoms with van der Waals surface area (Å²) in [5, 5.41) is 27.6. The van der Waals surface area contributed by atoms with E-state index in [2.05, 4.69) is 0 Å². The lowest BCUT2D eigenvalue weighted by Gasteiger charge is -2.21. The lowest BCUT2D eigenvalue weighted by atomic mass is 10.0. The highest BCUT2D eigenvalue weighted by atomic mass is 19.1. The van der Waals surface area contributed by atoms with E-state index < -0.39 is 29.7 Å². The molecule has 6 nitrogen and oxygen atoms in total. The standard InChI is InChI=1S/C14H18FNO5/c1-21-12(4-2-3-5-13(18)16-20)14(19)9-6-7-11(17)10(15)8-9/h3,5-8,12,14,17,19-20H,2,4H2,1H3,(H,16,18)/b5-3+/t12-,14-/m1/s1. The smallest absolute Gasteiger partial charge is 0.267 e. The Morgan fingerprint density at radius 1 is 1.52 bits per heavy atom. The number of aliphatic hydroxyl groups excluding tert-OH is 1. The first-order chi connectivity index (χ1) is 9.99. The van der Waals surface area contributed by atoms with Gasteiger partial charge in [0.05, 0.1) is 6.10 Å². The zero-order chi connectivity index (χ0) is 15.8. The zero-order valence-electron chi connectivity index (χ0n) is 11.5. The van der Waals surface area contributed by atoms with Crippen LogP contribution in [0.2, 0.25) is 0 Å². The van der Waals surface area contributed by atoms with E-state index in [4.69, 9.17) is 15.1 Å². The summed E-state index contributed by atoms with van der Waals surface area (Å²) in [7, 11) is 1.41. The number of methoxy groups -OCH3 is 1. The minimum Gasteiger partial charge on any atom is -0.505 e. The molecular weight excluding hydrogens is 281 g/mol. The molecule has 0 heterocycles. The van der Waals surface area contributed by atoms with E-state index in [9.17, 15) is 14.3 Å². The van der Waals surface area contributed by atoms with Crippen LogP contribution in [0.3, 0.4) is 0 Å². The summed E-state index contributed by atoms with van der Waals surface area (Å²) in [6.07, 6.45) is 1.81. The van der Waals surface area contributed by atoms with Crippen molar-refractivity contribution < 1.29 is 29.3 Å². The third-order valence-corrected chi connectivity index (χ3v) is 2.97. The monoisotopic (exact) mass is 299 g/mol. The zero-order valence-corrected chi connectivity index (χ0v) is 11.5. The number of benzene rings is 1. The molecule has 0 spiro atoms. The predicted octanol–water partition coefficient (Wildman–Crippen LogP) is 1.42. The Bertz CT molecular complexity index is 506. The van der Waals surface area contributed by atoms with Crippen LogP contribution >= 0.6 is 0 Å². The normalized spacial score (nSPS) is 14.1. The Kier molecular flexibility index (Phi) is 6.80. The highest BCUT2D eigenvalue weighted by Gasteiger charge is 2.21. The Morgan fingerprint density at radius 3 is 2.81 bits per heavy atom. The van der Waals surface area contributed by atoms with Crippen molar-refractivity contribution >= 4 is 5.91 Å². The van der Waals surface area contributed by atoms with Crippen LogP contribution in [0.5, 0.6) is 5.75 Å². The SMILES string of the molecule is CO[C@H](CC/C=C/C(=O)NO)[C@H](O)c1ccc(O)c(F)c1. The van der Waals surface area contributed by atoms with Crippen LogP contribution in [-0.2, 0) is 9.53 Å². The fourth-order valence-corrected chi connectivity index (χ4v) is 1.81. The Hall–Kier alpha value is -1.96. The summed E-state index contributed by atoms with van der Waals surface area (Å²) in [5.74, 6) is -1.95. The number of phenolic OH excluding ortho intramolecular Hbond substituents is 1. The Labute approximate surface area is 121 Å². The molecule has 1 rings (SSSR count). The van der Waals surface area contributed by atoms with E-state index in [0.29, 0.717) is 12.8 Å². The van der Waals surface area contributed by atoms with Crippen molar-refractivity contribution in [1.82, 2.24) is 5.48 Å². The third kappa shape index (κ3) is 5.14. The van der Waals surface area contributed by atoms with Gasteiger partial charge in [0.15, 0.2) is 11.6 Å². The number of hydrogen-bond acceptors (Lipinski definition) is 5. The molecule has 0 unspecified atom stereocenters. The maximum Gasteiger partial charge on any atom is 0.267 e. The van der Waals surface area contributed by atoms with E-state index in [1.807, 2.05) is 0 Å². The predicted molar refractivity (Wildman–Crippen MR) is 72.1 cm³/mol. The van der Waals surface area contributed by atoms with Crippen LogP contribution in [-0.4, -0.2) is 34.5 Å². The van der Waals surface area contributed by atoms with Crippen molar-refractivity contribution in [2.75, 3.05) is 7.11 Å². The van der Waals surface area contributed by atoms with Gasteiger partial charge in [-0.15, -0.1) is 0 Å². The van der Waals surface area contributed by atoms with Gasteiger partial charge >= 0.3 is 0 Å². The number of rotatable bonds is 7. The number of ether oxygens (including phenoxy) is 1. The van der Waals surface area contributed by atoms with Gasteiger partial charge in [-0.1, -0.05) is 12.1 Å². The highest BCUT2D eigenvalue weighted by molar-refractivity contribution is 5.86. The number of phenols is 1. The van der Waals surface area contributed by atoms with Gasteiger partial charge in [0, 0.05) is 13.2 Å². The van der Waals surface area contributed by atoms with Crippen molar-refractivity contribution in [1.29, 1.82) is 0 Å². The van der Waals surface area contributed by atoms with E-state index in [1.165, 1.54) is 24.7 Å². The molecular formula is C14H18FNO5. The lowest BCUT2D eigenvalue weighted by Crippen LogP contribution is -2.21. The number of allylic oxidation sites excluding steroid dienone is 1. The first kappa shape index (κ1) is 17.1. The fraction of sp³-hybridized carbons (Fsp3) is 0.357. The Balaban J connectivity index is 2.64. The van der Waals surface area contributed by atoms with Crippen molar-refractivity contribution in [3.63, 3.8) is 0 Å². The van der Waals surface area contributed by atoms with E-state index in [0.717, 1.165) is 18.2 Å². The van der Waals surface area contributed by atoms with Gasteiger partial charge in [-0.2, -0.15) is 0 Å². The van der Waals surface area contributed by atoms with Gasteiger partial charge in [-0.25, -0.2) is 9.87 Å². The van der Waals surface area contributed by atoms with Crippen molar-refractivity contribution in [2.24, 2.45) is 0 Å². The summed E-state index contributed by atoms with van der Waals surface area (Å²) in [5.41, 5.74) is 1.74. The second-order valence-electron chi connectivity index (χ2n) is 4.39. The first-order valence-electron chi connectivity index (χ1n) is 6.29. The molecule has 21 heavy (non-hydrogen) atoms. The third-order valence-electron chi connectivity index (χ3n) is 2.97. The van der Waals surface area contributed by atoms with Gasteiger partial charge in [0.2, 0.25) is 0 Å². The average Bonchev–Trinajstić information content (AvgIpc) is 2.49. The number of halogens is 1. The second-order valence-corrected chi connectivity index (χ2v) is 4.39. The van der Waals surface area contributed by atoms with Crippen molar-refractivity contribution in [3.05, 3.63) is 41.7 Å². The molecule has 0 fully saturated rings. The maximum atomic E-state index is 13.3. The highest BCUT2D eigenvalue weighted by Crippen LogP contribution is 2.26. The van der Waals surface area contributed by atoms with Crippen LogP contribution < -0.4 is 5.48 Å². The van der Waals surface area contributed by atoms with Gasteiger partial charge in [0.25, 0.3) is 5.91 Å². The molecule has 7 heteroatoms. The van der Waals surface area contributed by atoms with Gasteiger partial charge in [-0.05, 0) is 30.5 Å². The quantitative estimate of drug-likeness (QED) is 0.347. The van der Waals surface area contributed by atoms with Crippen LogP contribution in [0.25, 0.3) is 0 Å². The van der Waals surface area contributed by atoms with Crippen LogP contribution in [0, 0.1) is 5.82 Å². The van der Waals surface area contributed by atoms with E-state index in [-0.39, 0.29) is 5.56 Å². The molecule has 0 aromatic heterocycles. The molecule has 1 aromatic rings. The molecule has 1 aromatic carbocycles. The molecule has 0 saturated carbocycles. The molecule has 4 N–H and O–H groups in total. The number of carbonyl (C=O) groups is 1. The minimum absolute atomic E-state index is 0.286. The molecule has 0 saturated heterocycles. The van der Waals surface area contributed by atoms with Gasteiger partial charge in [-0.3, -0.25) is 10.0 Å². The fourth-order valence-electron chi connectivity index (χ4n) is 1.81. The summed E-state index contributed by atoms with van der Waals surface area (Å²) < 4.78 is 18.4. The molecule has 0 bridgehead atoms.